The molecule has 4 heteroatoms. The molecule has 0 saturated carbocycles. The fraction of sp³-hybridized carbons (Fsp3) is 0.333. The Hall–Kier alpha value is -2.49. The molecule has 0 fully saturated rings. The van der Waals surface area contributed by atoms with Gasteiger partial charge in [0.15, 0.2) is 0 Å². The Balaban J connectivity index is 1.92. The standard InChI is InChI=1S/C21H22FNO2/c1-21(2,3)25-20(24)11-15-7-5-9-17-18(12-23-13-19(15)17)14-6-4-8-16(22)10-14/h4-6,8-10,12-13,15H,7,11H2,1-3H3. The molecule has 1 heterocycles. The molecular weight excluding hydrogens is 317 g/mol. The van der Waals surface area contributed by atoms with Crippen LogP contribution in [0.15, 0.2) is 42.7 Å². The van der Waals surface area contributed by atoms with Crippen molar-refractivity contribution in [3.8, 4) is 11.1 Å². The van der Waals surface area contributed by atoms with Gasteiger partial charge in [0.1, 0.15) is 11.4 Å². The average Bonchev–Trinajstić information content (AvgIpc) is 2.53. The number of aromatic nitrogens is 1. The predicted molar refractivity (Wildman–Crippen MR) is 96.5 cm³/mol. The van der Waals surface area contributed by atoms with Crippen LogP contribution < -0.4 is 0 Å². The van der Waals surface area contributed by atoms with Gasteiger partial charge in [0, 0.05) is 18.0 Å². The van der Waals surface area contributed by atoms with Crippen LogP contribution in [-0.4, -0.2) is 16.6 Å². The van der Waals surface area contributed by atoms with E-state index in [4.69, 9.17) is 4.74 Å². The minimum atomic E-state index is -0.494. The van der Waals surface area contributed by atoms with Crippen LogP contribution in [0.4, 0.5) is 4.39 Å². The molecule has 0 radical (unpaired) electrons. The molecule has 0 aliphatic heterocycles. The Morgan fingerprint density at radius 3 is 2.84 bits per heavy atom. The van der Waals surface area contributed by atoms with Crippen molar-refractivity contribution in [2.24, 2.45) is 0 Å². The average molecular weight is 339 g/mol. The molecule has 3 rings (SSSR count). The van der Waals surface area contributed by atoms with Crippen molar-refractivity contribution in [3.05, 3.63) is 59.7 Å². The summed E-state index contributed by atoms with van der Waals surface area (Å²) in [5, 5.41) is 0. The third-order valence-corrected chi connectivity index (χ3v) is 4.13. The van der Waals surface area contributed by atoms with E-state index in [2.05, 4.69) is 11.1 Å². The van der Waals surface area contributed by atoms with E-state index in [-0.39, 0.29) is 17.7 Å². The number of rotatable bonds is 3. The minimum Gasteiger partial charge on any atom is -0.460 e. The molecule has 1 atom stereocenters. The molecule has 130 valence electrons. The topological polar surface area (TPSA) is 39.2 Å². The van der Waals surface area contributed by atoms with Crippen molar-refractivity contribution >= 4 is 12.0 Å². The fourth-order valence-electron chi connectivity index (χ4n) is 3.14. The summed E-state index contributed by atoms with van der Waals surface area (Å²) in [4.78, 5) is 16.5. The van der Waals surface area contributed by atoms with Gasteiger partial charge in [0.25, 0.3) is 0 Å². The zero-order valence-corrected chi connectivity index (χ0v) is 14.8. The molecule has 0 saturated heterocycles. The summed E-state index contributed by atoms with van der Waals surface area (Å²) < 4.78 is 19.0. The molecule has 0 spiro atoms. The van der Waals surface area contributed by atoms with E-state index in [1.807, 2.05) is 32.9 Å². The van der Waals surface area contributed by atoms with E-state index in [0.29, 0.717) is 6.42 Å². The summed E-state index contributed by atoms with van der Waals surface area (Å²) in [6.07, 6.45) is 8.71. The molecule has 0 bridgehead atoms. The number of benzene rings is 1. The van der Waals surface area contributed by atoms with Gasteiger partial charge in [0.2, 0.25) is 0 Å². The van der Waals surface area contributed by atoms with Crippen LogP contribution in [0.2, 0.25) is 0 Å². The third-order valence-electron chi connectivity index (χ3n) is 4.13. The molecule has 1 aromatic carbocycles. The number of halogens is 1. The van der Waals surface area contributed by atoms with E-state index < -0.39 is 5.60 Å². The molecule has 1 unspecified atom stereocenters. The lowest BCUT2D eigenvalue weighted by Gasteiger charge is -2.25. The van der Waals surface area contributed by atoms with Crippen molar-refractivity contribution in [3.63, 3.8) is 0 Å². The third kappa shape index (κ3) is 4.13. The van der Waals surface area contributed by atoms with Crippen molar-refractivity contribution in [1.29, 1.82) is 0 Å². The van der Waals surface area contributed by atoms with Gasteiger partial charge in [-0.25, -0.2) is 4.39 Å². The second-order valence-corrected chi connectivity index (χ2v) is 7.33. The summed E-state index contributed by atoms with van der Waals surface area (Å²) in [5.41, 5.74) is 3.18. The number of carbonyl (C=O) groups is 1. The molecule has 1 aromatic heterocycles. The van der Waals surface area contributed by atoms with Crippen LogP contribution in [0.3, 0.4) is 0 Å². The van der Waals surface area contributed by atoms with Gasteiger partial charge >= 0.3 is 5.97 Å². The SMILES string of the molecule is CC(C)(C)OC(=O)CC1CC=Cc2c(-c3cccc(F)c3)cncc21. The Kier molecular flexibility index (Phi) is 4.71. The van der Waals surface area contributed by atoms with Crippen molar-refractivity contribution in [1.82, 2.24) is 4.98 Å². The summed E-state index contributed by atoms with van der Waals surface area (Å²) in [7, 11) is 0. The quantitative estimate of drug-likeness (QED) is 0.729. The lowest BCUT2D eigenvalue weighted by Crippen LogP contribution is -2.25. The number of allylic oxidation sites excluding steroid dienone is 1. The van der Waals surface area contributed by atoms with Crippen LogP contribution >= 0.6 is 0 Å². The number of ether oxygens (including phenoxy) is 1. The number of carbonyl (C=O) groups excluding carboxylic acids is 1. The van der Waals surface area contributed by atoms with E-state index in [0.717, 1.165) is 28.7 Å². The maximum atomic E-state index is 13.6. The van der Waals surface area contributed by atoms with Gasteiger partial charge in [-0.3, -0.25) is 9.78 Å². The first-order chi connectivity index (χ1) is 11.8. The van der Waals surface area contributed by atoms with Crippen LogP contribution in [0, 0.1) is 5.82 Å². The van der Waals surface area contributed by atoms with E-state index >= 15 is 0 Å². The largest absolute Gasteiger partial charge is 0.460 e. The van der Waals surface area contributed by atoms with Crippen molar-refractivity contribution in [2.45, 2.75) is 45.1 Å². The van der Waals surface area contributed by atoms with Crippen LogP contribution in [0.1, 0.15) is 50.7 Å². The number of pyridine rings is 1. The maximum Gasteiger partial charge on any atom is 0.306 e. The highest BCUT2D eigenvalue weighted by atomic mass is 19.1. The number of hydrogen-bond donors (Lipinski definition) is 0. The highest BCUT2D eigenvalue weighted by Gasteiger charge is 2.25. The molecule has 2 aromatic rings. The van der Waals surface area contributed by atoms with Crippen LogP contribution in [0.25, 0.3) is 17.2 Å². The van der Waals surface area contributed by atoms with E-state index in [9.17, 15) is 9.18 Å². The van der Waals surface area contributed by atoms with Gasteiger partial charge in [-0.15, -0.1) is 0 Å². The Morgan fingerprint density at radius 1 is 1.32 bits per heavy atom. The maximum absolute atomic E-state index is 13.6. The van der Waals surface area contributed by atoms with Crippen molar-refractivity contribution in [2.75, 3.05) is 0 Å². The minimum absolute atomic E-state index is 0.0239. The zero-order valence-electron chi connectivity index (χ0n) is 14.8. The molecule has 1 aliphatic carbocycles. The van der Waals surface area contributed by atoms with Crippen molar-refractivity contribution < 1.29 is 13.9 Å². The normalized spacial score (nSPS) is 16.4. The smallest absolute Gasteiger partial charge is 0.306 e. The molecule has 1 aliphatic rings. The first kappa shape index (κ1) is 17.3. The predicted octanol–water partition coefficient (Wildman–Crippen LogP) is 5.12. The summed E-state index contributed by atoms with van der Waals surface area (Å²) in [6.45, 7) is 5.59. The summed E-state index contributed by atoms with van der Waals surface area (Å²) >= 11 is 0. The Morgan fingerprint density at radius 2 is 2.12 bits per heavy atom. The first-order valence-electron chi connectivity index (χ1n) is 8.46. The molecule has 0 N–H and O–H groups in total. The van der Waals surface area contributed by atoms with E-state index in [1.165, 1.54) is 12.1 Å². The van der Waals surface area contributed by atoms with Crippen LogP contribution in [0.5, 0.6) is 0 Å². The van der Waals surface area contributed by atoms with Gasteiger partial charge in [-0.05, 0) is 61.9 Å². The number of esters is 1. The molecule has 25 heavy (non-hydrogen) atoms. The van der Waals surface area contributed by atoms with Gasteiger partial charge < -0.3 is 4.74 Å². The summed E-state index contributed by atoms with van der Waals surface area (Å²) in [5.74, 6) is -0.467. The summed E-state index contributed by atoms with van der Waals surface area (Å²) in [6, 6.07) is 6.48. The van der Waals surface area contributed by atoms with E-state index in [1.54, 1.807) is 18.5 Å². The fourth-order valence-corrected chi connectivity index (χ4v) is 3.14. The van der Waals surface area contributed by atoms with Gasteiger partial charge in [0.05, 0.1) is 6.42 Å². The number of hydrogen-bond acceptors (Lipinski definition) is 3. The molecule has 3 nitrogen and oxygen atoms in total. The molecular formula is C21H22FNO2. The number of fused-ring (bicyclic) bond motifs is 1. The second-order valence-electron chi connectivity index (χ2n) is 7.33. The first-order valence-corrected chi connectivity index (χ1v) is 8.46. The lowest BCUT2D eigenvalue weighted by atomic mass is 9.83. The lowest BCUT2D eigenvalue weighted by molar-refractivity contribution is -0.155. The van der Waals surface area contributed by atoms with Gasteiger partial charge in [-0.2, -0.15) is 0 Å². The Labute approximate surface area is 147 Å². The molecule has 0 amide bonds. The highest BCUT2D eigenvalue weighted by molar-refractivity contribution is 5.79. The zero-order chi connectivity index (χ0) is 18.0. The Bertz CT molecular complexity index is 821. The monoisotopic (exact) mass is 339 g/mol. The number of nitrogens with zero attached hydrogens (tertiary/aromatic N) is 1. The van der Waals surface area contributed by atoms with Crippen LogP contribution in [-0.2, 0) is 9.53 Å². The highest BCUT2D eigenvalue weighted by Crippen LogP contribution is 2.37. The second kappa shape index (κ2) is 6.79. The van der Waals surface area contributed by atoms with Gasteiger partial charge in [-0.1, -0.05) is 24.3 Å².